The van der Waals surface area contributed by atoms with E-state index in [4.69, 9.17) is 11.6 Å². The number of nitro benzene ring substituents is 2. The summed E-state index contributed by atoms with van der Waals surface area (Å²) in [4.78, 5) is 35.7. The zero-order valence-electron chi connectivity index (χ0n) is 15.4. The molecule has 0 unspecified atom stereocenters. The monoisotopic (exact) mass is 415 g/mol. The number of halogens is 1. The van der Waals surface area contributed by atoms with Crippen LogP contribution in [0.4, 0.5) is 17.1 Å². The Bertz CT molecular complexity index is 1000. The van der Waals surface area contributed by atoms with E-state index in [2.05, 4.69) is 0 Å². The van der Waals surface area contributed by atoms with E-state index in [1.54, 1.807) is 12.1 Å². The fourth-order valence-electron chi connectivity index (χ4n) is 3.27. The predicted molar refractivity (Wildman–Crippen MR) is 111 cm³/mol. The van der Waals surface area contributed by atoms with Gasteiger partial charge in [0.15, 0.2) is 5.78 Å². The highest BCUT2D eigenvalue weighted by Crippen LogP contribution is 2.32. The number of nitro groups is 2. The molecular weight excluding hydrogens is 398 g/mol. The number of hydrogen-bond acceptors (Lipinski definition) is 6. The summed E-state index contributed by atoms with van der Waals surface area (Å²) in [7, 11) is 0. The van der Waals surface area contributed by atoms with Gasteiger partial charge in [0.05, 0.1) is 9.85 Å². The summed E-state index contributed by atoms with van der Waals surface area (Å²) in [5, 5.41) is 22.4. The third-order valence-electron chi connectivity index (χ3n) is 4.75. The fraction of sp³-hybridized carbons (Fsp3) is 0.250. The molecule has 1 aliphatic rings. The van der Waals surface area contributed by atoms with Crippen molar-refractivity contribution >= 4 is 40.5 Å². The molecule has 9 heteroatoms. The van der Waals surface area contributed by atoms with Gasteiger partial charge in [-0.3, -0.25) is 25.0 Å². The van der Waals surface area contributed by atoms with Gasteiger partial charge in [0.25, 0.3) is 11.4 Å². The van der Waals surface area contributed by atoms with Crippen molar-refractivity contribution < 1.29 is 14.6 Å². The van der Waals surface area contributed by atoms with Gasteiger partial charge in [0.1, 0.15) is 10.7 Å². The first-order valence-electron chi connectivity index (χ1n) is 9.06. The lowest BCUT2D eigenvalue weighted by Crippen LogP contribution is -2.29. The number of carbonyl (C=O) groups is 1. The summed E-state index contributed by atoms with van der Waals surface area (Å²) in [6.45, 7) is 1.56. The number of benzene rings is 2. The van der Waals surface area contributed by atoms with Crippen LogP contribution in [0.3, 0.4) is 0 Å². The summed E-state index contributed by atoms with van der Waals surface area (Å²) >= 11 is 5.76. The first-order chi connectivity index (χ1) is 13.9. The summed E-state index contributed by atoms with van der Waals surface area (Å²) in [5.41, 5.74) is 0.814. The molecule has 2 aromatic rings. The molecule has 0 radical (unpaired) electrons. The van der Waals surface area contributed by atoms with E-state index in [-0.39, 0.29) is 22.0 Å². The maximum absolute atomic E-state index is 12.3. The molecule has 3 rings (SSSR count). The quantitative estimate of drug-likeness (QED) is 0.283. The molecule has 0 aliphatic carbocycles. The van der Waals surface area contributed by atoms with Gasteiger partial charge in [0.2, 0.25) is 0 Å². The van der Waals surface area contributed by atoms with E-state index in [0.29, 0.717) is 11.3 Å². The van der Waals surface area contributed by atoms with Crippen LogP contribution in [0.1, 0.15) is 35.2 Å². The van der Waals surface area contributed by atoms with Crippen LogP contribution >= 0.6 is 11.6 Å². The molecular formula is C20H18ClN3O5. The molecule has 150 valence electrons. The van der Waals surface area contributed by atoms with Crippen LogP contribution in [-0.4, -0.2) is 28.7 Å². The van der Waals surface area contributed by atoms with Gasteiger partial charge >= 0.3 is 0 Å². The summed E-state index contributed by atoms with van der Waals surface area (Å²) in [6, 6.07) is 8.63. The molecule has 29 heavy (non-hydrogen) atoms. The Morgan fingerprint density at radius 1 is 0.966 bits per heavy atom. The highest BCUT2D eigenvalue weighted by Gasteiger charge is 2.21. The highest BCUT2D eigenvalue weighted by molar-refractivity contribution is 6.32. The number of ketones is 1. The highest BCUT2D eigenvalue weighted by atomic mass is 35.5. The zero-order valence-corrected chi connectivity index (χ0v) is 16.2. The third-order valence-corrected chi connectivity index (χ3v) is 5.07. The molecule has 0 spiro atoms. The molecule has 2 aromatic carbocycles. The van der Waals surface area contributed by atoms with Crippen molar-refractivity contribution in [1.29, 1.82) is 0 Å². The Labute approximate surface area is 171 Å². The molecule has 1 saturated heterocycles. The maximum atomic E-state index is 12.3. The molecule has 0 atom stereocenters. The summed E-state index contributed by atoms with van der Waals surface area (Å²) < 4.78 is 0. The Morgan fingerprint density at radius 2 is 1.66 bits per heavy atom. The predicted octanol–water partition coefficient (Wildman–Crippen LogP) is 5.04. The number of hydrogen-bond donors (Lipinski definition) is 0. The van der Waals surface area contributed by atoms with Crippen LogP contribution in [0, 0.1) is 20.2 Å². The maximum Gasteiger partial charge on any atom is 0.293 e. The van der Waals surface area contributed by atoms with Crippen LogP contribution in [0.2, 0.25) is 5.02 Å². The van der Waals surface area contributed by atoms with Gasteiger partial charge in [0, 0.05) is 30.8 Å². The van der Waals surface area contributed by atoms with Crippen LogP contribution in [0.5, 0.6) is 0 Å². The van der Waals surface area contributed by atoms with Crippen LogP contribution in [0.15, 0.2) is 42.5 Å². The lowest BCUT2D eigenvalue weighted by molar-refractivity contribution is -0.384. The Morgan fingerprint density at radius 3 is 2.31 bits per heavy atom. The number of piperidine rings is 1. The molecule has 1 heterocycles. The number of allylic oxidation sites excluding steroid dienone is 1. The third kappa shape index (κ3) is 4.78. The van der Waals surface area contributed by atoms with Crippen molar-refractivity contribution in [2.24, 2.45) is 0 Å². The van der Waals surface area contributed by atoms with E-state index in [0.717, 1.165) is 38.4 Å². The standard InChI is InChI=1S/C20H18ClN3O5/c21-16-7-6-15(13-18(16)23(26)27)20(25)9-5-14-4-8-17(19(12-14)24(28)29)22-10-2-1-3-11-22/h4-9,12-13H,1-3,10-11H2/b9-5+. The zero-order chi connectivity index (χ0) is 21.0. The second-order valence-electron chi connectivity index (χ2n) is 6.67. The molecule has 0 amide bonds. The minimum absolute atomic E-state index is 0.0105. The summed E-state index contributed by atoms with van der Waals surface area (Å²) in [6.07, 6.45) is 5.81. The van der Waals surface area contributed by atoms with Gasteiger partial charge in [-0.1, -0.05) is 23.7 Å². The minimum atomic E-state index is -0.661. The van der Waals surface area contributed by atoms with Crippen LogP contribution in [0.25, 0.3) is 6.08 Å². The van der Waals surface area contributed by atoms with Crippen molar-refractivity contribution in [3.05, 3.63) is 78.9 Å². The molecule has 0 bridgehead atoms. The number of nitrogens with zero attached hydrogens (tertiary/aromatic N) is 3. The van der Waals surface area contributed by atoms with Crippen LogP contribution < -0.4 is 4.90 Å². The Kier molecular flexibility index (Phi) is 6.23. The molecule has 1 aliphatic heterocycles. The largest absolute Gasteiger partial charge is 0.366 e. The molecule has 0 N–H and O–H groups in total. The normalized spacial score (nSPS) is 14.2. The van der Waals surface area contributed by atoms with E-state index in [1.807, 2.05) is 4.90 Å². The van der Waals surface area contributed by atoms with Gasteiger partial charge < -0.3 is 4.90 Å². The van der Waals surface area contributed by atoms with E-state index < -0.39 is 15.6 Å². The number of anilines is 1. The lowest BCUT2D eigenvalue weighted by Gasteiger charge is -2.28. The first-order valence-corrected chi connectivity index (χ1v) is 9.44. The number of rotatable bonds is 6. The van der Waals surface area contributed by atoms with Gasteiger partial charge in [-0.05, 0) is 49.1 Å². The van der Waals surface area contributed by atoms with Crippen molar-refractivity contribution in [3.8, 4) is 0 Å². The van der Waals surface area contributed by atoms with Crippen molar-refractivity contribution in [2.75, 3.05) is 18.0 Å². The Balaban J connectivity index is 1.84. The molecule has 0 saturated carbocycles. The van der Waals surface area contributed by atoms with Crippen molar-refractivity contribution in [1.82, 2.24) is 0 Å². The van der Waals surface area contributed by atoms with E-state index in [9.17, 15) is 25.0 Å². The van der Waals surface area contributed by atoms with Crippen molar-refractivity contribution in [2.45, 2.75) is 19.3 Å². The lowest BCUT2D eigenvalue weighted by atomic mass is 10.1. The van der Waals surface area contributed by atoms with E-state index in [1.165, 1.54) is 30.4 Å². The SMILES string of the molecule is O=C(/C=C/c1ccc(N2CCCCC2)c([N+](=O)[O-])c1)c1ccc(Cl)c([N+](=O)[O-])c1. The smallest absolute Gasteiger partial charge is 0.293 e. The average molecular weight is 416 g/mol. The molecule has 8 nitrogen and oxygen atoms in total. The second-order valence-corrected chi connectivity index (χ2v) is 7.08. The van der Waals surface area contributed by atoms with Gasteiger partial charge in [-0.25, -0.2) is 0 Å². The molecule has 0 aromatic heterocycles. The minimum Gasteiger partial charge on any atom is -0.366 e. The van der Waals surface area contributed by atoms with Crippen LogP contribution in [-0.2, 0) is 0 Å². The topological polar surface area (TPSA) is 107 Å². The van der Waals surface area contributed by atoms with E-state index >= 15 is 0 Å². The summed E-state index contributed by atoms with van der Waals surface area (Å²) in [5.74, 6) is -0.465. The number of carbonyl (C=O) groups excluding carboxylic acids is 1. The first kappa shape index (κ1) is 20.5. The molecule has 1 fully saturated rings. The van der Waals surface area contributed by atoms with Gasteiger partial charge in [-0.15, -0.1) is 0 Å². The average Bonchev–Trinajstić information content (AvgIpc) is 2.72. The Hall–Kier alpha value is -3.26. The fourth-order valence-corrected chi connectivity index (χ4v) is 3.45. The van der Waals surface area contributed by atoms with Crippen molar-refractivity contribution in [3.63, 3.8) is 0 Å². The second kappa shape index (κ2) is 8.83. The van der Waals surface area contributed by atoms with Gasteiger partial charge in [-0.2, -0.15) is 0 Å².